The van der Waals surface area contributed by atoms with Gasteiger partial charge in [0, 0.05) is 5.02 Å². The van der Waals surface area contributed by atoms with E-state index in [0.717, 1.165) is 12.0 Å². The zero-order valence-electron chi connectivity index (χ0n) is 13.8. The van der Waals surface area contributed by atoms with Crippen molar-refractivity contribution in [2.45, 2.75) is 64.8 Å². The number of hydrogen-bond donors (Lipinski definition) is 1. The summed E-state index contributed by atoms with van der Waals surface area (Å²) >= 11 is 5.93. The number of benzene rings is 1. The number of halogens is 1. The van der Waals surface area contributed by atoms with Crippen LogP contribution in [0.1, 0.15) is 50.7 Å². The number of rotatable bonds is 8. The van der Waals surface area contributed by atoms with Gasteiger partial charge in [-0.05, 0) is 30.5 Å². The van der Waals surface area contributed by atoms with Crippen molar-refractivity contribution in [2.75, 3.05) is 0 Å². The van der Waals surface area contributed by atoms with Crippen LogP contribution in [0.3, 0.4) is 0 Å². The maximum absolute atomic E-state index is 10.7. The lowest BCUT2D eigenvalue weighted by molar-refractivity contribution is 0.222. The second kappa shape index (κ2) is 8.77. The number of unbranched alkanes of at least 4 members (excludes halogenated alkanes) is 4. The van der Waals surface area contributed by atoms with Gasteiger partial charge in [-0.3, -0.25) is 0 Å². The first kappa shape index (κ1) is 18.5. The molecule has 0 aromatic heterocycles. The summed E-state index contributed by atoms with van der Waals surface area (Å²) in [5.41, 5.74) is 0.946. The molecule has 1 aromatic carbocycles. The van der Waals surface area contributed by atoms with Crippen molar-refractivity contribution < 1.29 is 5.11 Å². The molecule has 0 fully saturated rings. The smallest absolute Gasteiger partial charge is 0.0966 e. The summed E-state index contributed by atoms with van der Waals surface area (Å²) in [7, 11) is -1.54. The lowest BCUT2D eigenvalue weighted by Crippen LogP contribution is -2.28. The van der Waals surface area contributed by atoms with E-state index in [1.54, 1.807) is 0 Å². The molecule has 1 unspecified atom stereocenters. The van der Waals surface area contributed by atoms with E-state index in [4.69, 9.17) is 11.6 Å². The summed E-state index contributed by atoms with van der Waals surface area (Å²) in [6.07, 6.45) is 7.94. The number of allylic oxidation sites excluding steroid dienone is 1. The van der Waals surface area contributed by atoms with Gasteiger partial charge in [0.1, 0.15) is 0 Å². The van der Waals surface area contributed by atoms with Crippen LogP contribution >= 0.6 is 11.6 Å². The molecule has 1 rings (SSSR count). The number of aliphatic hydroxyl groups excluding tert-OH is 1. The van der Waals surface area contributed by atoms with Crippen molar-refractivity contribution in [3.63, 3.8) is 0 Å². The molecule has 0 aliphatic heterocycles. The lowest BCUT2D eigenvalue weighted by Gasteiger charge is -2.26. The molecule has 0 amide bonds. The van der Waals surface area contributed by atoms with E-state index in [1.807, 2.05) is 24.3 Å². The van der Waals surface area contributed by atoms with Gasteiger partial charge in [0.25, 0.3) is 0 Å². The third-order valence-electron chi connectivity index (χ3n) is 3.77. The summed E-state index contributed by atoms with van der Waals surface area (Å²) in [5.74, 6) is 0. The molecule has 0 radical (unpaired) electrons. The van der Waals surface area contributed by atoms with Crippen LogP contribution in [0.15, 0.2) is 35.5 Å². The Kier molecular flexibility index (Phi) is 7.72. The Morgan fingerprint density at radius 3 is 2.29 bits per heavy atom. The van der Waals surface area contributed by atoms with E-state index in [-0.39, 0.29) is 0 Å². The average Bonchev–Trinajstić information content (AvgIpc) is 2.41. The highest BCUT2D eigenvalue weighted by Crippen LogP contribution is 2.30. The third-order valence-corrected chi connectivity index (χ3v) is 6.23. The summed E-state index contributed by atoms with van der Waals surface area (Å²) in [4.78, 5) is 0. The monoisotopic (exact) mass is 324 g/mol. The minimum Gasteiger partial charge on any atom is -0.384 e. The van der Waals surface area contributed by atoms with Crippen molar-refractivity contribution in [3.05, 3.63) is 46.1 Å². The molecule has 3 heteroatoms. The van der Waals surface area contributed by atoms with Crippen LogP contribution in [-0.2, 0) is 0 Å². The molecule has 0 heterocycles. The highest BCUT2D eigenvalue weighted by molar-refractivity contribution is 6.83. The SMILES string of the molecule is CCCCCC/C=C(/C(O)c1ccc(Cl)cc1)[Si](C)(C)C. The molecule has 0 spiro atoms. The Morgan fingerprint density at radius 2 is 1.76 bits per heavy atom. The van der Waals surface area contributed by atoms with Crippen LogP contribution in [0.2, 0.25) is 24.7 Å². The second-order valence-electron chi connectivity index (χ2n) is 6.71. The van der Waals surface area contributed by atoms with Gasteiger partial charge < -0.3 is 5.11 Å². The number of aliphatic hydroxyl groups is 1. The van der Waals surface area contributed by atoms with Crippen LogP contribution in [0.25, 0.3) is 0 Å². The molecule has 1 aromatic rings. The Morgan fingerprint density at radius 1 is 1.14 bits per heavy atom. The predicted molar refractivity (Wildman–Crippen MR) is 96.6 cm³/mol. The quantitative estimate of drug-likeness (QED) is 0.449. The molecule has 0 saturated carbocycles. The van der Waals surface area contributed by atoms with E-state index in [0.29, 0.717) is 5.02 Å². The van der Waals surface area contributed by atoms with Crippen molar-refractivity contribution in [3.8, 4) is 0 Å². The molecular weight excluding hydrogens is 296 g/mol. The second-order valence-corrected chi connectivity index (χ2v) is 12.2. The fourth-order valence-corrected chi connectivity index (χ4v) is 4.35. The number of hydrogen-bond acceptors (Lipinski definition) is 1. The molecule has 1 N–H and O–H groups in total. The highest BCUT2D eigenvalue weighted by atomic mass is 35.5. The summed E-state index contributed by atoms with van der Waals surface area (Å²) < 4.78 is 0. The maximum Gasteiger partial charge on any atom is 0.0966 e. The Labute approximate surface area is 136 Å². The van der Waals surface area contributed by atoms with Crippen molar-refractivity contribution >= 4 is 19.7 Å². The first-order chi connectivity index (χ1) is 9.86. The van der Waals surface area contributed by atoms with E-state index in [1.165, 1.54) is 30.9 Å². The minimum atomic E-state index is -1.54. The van der Waals surface area contributed by atoms with Gasteiger partial charge in [0.05, 0.1) is 14.2 Å². The van der Waals surface area contributed by atoms with Crippen LogP contribution in [0, 0.1) is 0 Å². The summed E-state index contributed by atoms with van der Waals surface area (Å²) in [6, 6.07) is 7.56. The molecule has 0 aliphatic rings. The maximum atomic E-state index is 10.7. The van der Waals surface area contributed by atoms with Gasteiger partial charge in [-0.1, -0.05) is 80.8 Å². The normalized spacial score (nSPS) is 14.3. The topological polar surface area (TPSA) is 20.2 Å². The molecular formula is C18H29ClOSi. The summed E-state index contributed by atoms with van der Waals surface area (Å²) in [6.45, 7) is 9.12. The third kappa shape index (κ3) is 6.37. The highest BCUT2D eigenvalue weighted by Gasteiger charge is 2.26. The van der Waals surface area contributed by atoms with Gasteiger partial charge >= 0.3 is 0 Å². The zero-order valence-corrected chi connectivity index (χ0v) is 15.6. The molecule has 0 saturated heterocycles. The Balaban J connectivity index is 2.82. The van der Waals surface area contributed by atoms with Gasteiger partial charge in [-0.2, -0.15) is 0 Å². The lowest BCUT2D eigenvalue weighted by atomic mass is 10.1. The Bertz CT molecular complexity index is 445. The predicted octanol–water partition coefficient (Wildman–Crippen LogP) is 6.15. The molecule has 118 valence electrons. The summed E-state index contributed by atoms with van der Waals surface area (Å²) in [5, 5.41) is 12.7. The zero-order chi connectivity index (χ0) is 15.9. The molecule has 1 nitrogen and oxygen atoms in total. The van der Waals surface area contributed by atoms with Crippen molar-refractivity contribution in [2.24, 2.45) is 0 Å². The fraction of sp³-hybridized carbons (Fsp3) is 0.556. The van der Waals surface area contributed by atoms with Gasteiger partial charge in [-0.15, -0.1) is 0 Å². The minimum absolute atomic E-state index is 0.486. The van der Waals surface area contributed by atoms with Gasteiger partial charge in [-0.25, -0.2) is 0 Å². The van der Waals surface area contributed by atoms with E-state index in [2.05, 4.69) is 32.6 Å². The van der Waals surface area contributed by atoms with Gasteiger partial charge in [0.15, 0.2) is 0 Å². The molecule has 0 aliphatic carbocycles. The standard InChI is InChI=1S/C18H29ClOSi/c1-5-6-7-8-9-10-17(21(2,3)4)18(20)15-11-13-16(19)14-12-15/h10-14,18,20H,5-9H2,1-4H3/b17-10-. The molecule has 21 heavy (non-hydrogen) atoms. The van der Waals surface area contributed by atoms with E-state index in [9.17, 15) is 5.11 Å². The van der Waals surface area contributed by atoms with Gasteiger partial charge in [0.2, 0.25) is 0 Å². The fourth-order valence-electron chi connectivity index (χ4n) is 2.48. The van der Waals surface area contributed by atoms with Crippen LogP contribution < -0.4 is 0 Å². The first-order valence-electron chi connectivity index (χ1n) is 8.00. The largest absolute Gasteiger partial charge is 0.384 e. The Hall–Kier alpha value is -0.573. The van der Waals surface area contributed by atoms with E-state index < -0.39 is 14.2 Å². The first-order valence-corrected chi connectivity index (χ1v) is 11.9. The van der Waals surface area contributed by atoms with Crippen molar-refractivity contribution in [1.29, 1.82) is 0 Å². The van der Waals surface area contributed by atoms with Crippen LogP contribution in [0.5, 0.6) is 0 Å². The molecule has 1 atom stereocenters. The van der Waals surface area contributed by atoms with Crippen LogP contribution in [-0.4, -0.2) is 13.2 Å². The van der Waals surface area contributed by atoms with E-state index >= 15 is 0 Å². The van der Waals surface area contributed by atoms with Crippen molar-refractivity contribution in [1.82, 2.24) is 0 Å². The van der Waals surface area contributed by atoms with Crippen LogP contribution in [0.4, 0.5) is 0 Å². The average molecular weight is 325 g/mol. The molecule has 0 bridgehead atoms.